The minimum absolute atomic E-state index is 0.111. The maximum Gasteiger partial charge on any atom is 0.255 e. The minimum Gasteiger partial charge on any atom is -0.363 e. The van der Waals surface area contributed by atoms with Gasteiger partial charge in [-0.2, -0.15) is 0 Å². The average Bonchev–Trinajstić information content (AvgIpc) is 2.53. The monoisotopic (exact) mass is 290 g/mol. The van der Waals surface area contributed by atoms with Crippen LogP contribution in [-0.2, 0) is 0 Å². The number of rotatable bonds is 5. The van der Waals surface area contributed by atoms with Gasteiger partial charge in [-0.05, 0) is 50.9 Å². The van der Waals surface area contributed by atoms with Gasteiger partial charge in [0.15, 0.2) is 0 Å². The van der Waals surface area contributed by atoms with E-state index in [0.29, 0.717) is 5.56 Å². The van der Waals surface area contributed by atoms with Gasteiger partial charge in [-0.15, -0.1) is 0 Å². The Balaban J connectivity index is 1.89. The molecule has 0 radical (unpaired) electrons. The third-order valence-electron chi connectivity index (χ3n) is 4.16. The molecule has 1 aliphatic rings. The van der Waals surface area contributed by atoms with Crippen LogP contribution in [0, 0.1) is 5.92 Å². The fourth-order valence-corrected chi connectivity index (χ4v) is 2.73. The molecule has 5 nitrogen and oxygen atoms in total. The molecule has 5 heteroatoms. The lowest BCUT2D eigenvalue weighted by Gasteiger charge is -2.32. The summed E-state index contributed by atoms with van der Waals surface area (Å²) in [6.07, 6.45) is 5.11. The highest BCUT2D eigenvalue weighted by molar-refractivity contribution is 5.94. The molecule has 1 N–H and O–H groups in total. The zero-order valence-corrected chi connectivity index (χ0v) is 13.3. The number of carbonyl (C=O) groups is 1. The Labute approximate surface area is 127 Å². The quantitative estimate of drug-likeness (QED) is 0.895. The number of aromatic nitrogens is 1. The molecular formula is C16H26N4O. The zero-order chi connectivity index (χ0) is 15.2. The second-order valence-electron chi connectivity index (χ2n) is 5.93. The SMILES string of the molecule is CNCCC1CCN(C(=O)c2ccc(N(C)C)nc2)CC1. The Morgan fingerprint density at radius 3 is 2.62 bits per heavy atom. The van der Waals surface area contributed by atoms with Gasteiger partial charge in [-0.3, -0.25) is 4.79 Å². The smallest absolute Gasteiger partial charge is 0.255 e. The van der Waals surface area contributed by atoms with Gasteiger partial charge < -0.3 is 15.1 Å². The molecule has 2 heterocycles. The first-order valence-electron chi connectivity index (χ1n) is 7.69. The van der Waals surface area contributed by atoms with Gasteiger partial charge in [0.2, 0.25) is 0 Å². The first kappa shape index (κ1) is 15.8. The van der Waals surface area contributed by atoms with Gasteiger partial charge in [0.05, 0.1) is 5.56 Å². The maximum absolute atomic E-state index is 12.5. The lowest BCUT2D eigenvalue weighted by molar-refractivity contribution is 0.0686. The number of pyridine rings is 1. The molecule has 116 valence electrons. The number of piperidine rings is 1. The molecule has 0 atom stereocenters. The molecule has 1 aromatic heterocycles. The Morgan fingerprint density at radius 2 is 2.10 bits per heavy atom. The van der Waals surface area contributed by atoms with Crippen LogP contribution in [0.1, 0.15) is 29.6 Å². The van der Waals surface area contributed by atoms with E-state index in [1.807, 2.05) is 43.1 Å². The van der Waals surface area contributed by atoms with Gasteiger partial charge in [0, 0.05) is 33.4 Å². The molecule has 1 amide bonds. The van der Waals surface area contributed by atoms with E-state index < -0.39 is 0 Å². The molecule has 0 spiro atoms. The third kappa shape index (κ3) is 4.17. The van der Waals surface area contributed by atoms with E-state index in [2.05, 4.69) is 10.3 Å². The van der Waals surface area contributed by atoms with E-state index in [0.717, 1.165) is 44.2 Å². The number of nitrogens with one attached hydrogen (secondary N) is 1. The van der Waals surface area contributed by atoms with E-state index >= 15 is 0 Å². The second kappa shape index (κ2) is 7.41. The lowest BCUT2D eigenvalue weighted by atomic mass is 9.93. The van der Waals surface area contributed by atoms with Crippen LogP contribution in [0.25, 0.3) is 0 Å². The Kier molecular flexibility index (Phi) is 5.56. The highest BCUT2D eigenvalue weighted by atomic mass is 16.2. The summed E-state index contributed by atoms with van der Waals surface area (Å²) >= 11 is 0. The van der Waals surface area contributed by atoms with Gasteiger partial charge >= 0.3 is 0 Å². The average molecular weight is 290 g/mol. The fraction of sp³-hybridized carbons (Fsp3) is 0.625. The van der Waals surface area contributed by atoms with Crippen molar-refractivity contribution in [1.82, 2.24) is 15.2 Å². The van der Waals surface area contributed by atoms with Gasteiger partial charge in [-0.1, -0.05) is 0 Å². The molecular weight excluding hydrogens is 264 g/mol. The molecule has 0 aliphatic carbocycles. The predicted molar refractivity (Wildman–Crippen MR) is 85.7 cm³/mol. The van der Waals surface area contributed by atoms with E-state index in [9.17, 15) is 4.79 Å². The molecule has 21 heavy (non-hydrogen) atoms. The number of amides is 1. The zero-order valence-electron chi connectivity index (χ0n) is 13.3. The summed E-state index contributed by atoms with van der Waals surface area (Å²) in [7, 11) is 5.88. The summed E-state index contributed by atoms with van der Waals surface area (Å²) in [4.78, 5) is 20.7. The first-order chi connectivity index (χ1) is 10.1. The largest absolute Gasteiger partial charge is 0.363 e. The Bertz CT molecular complexity index is 450. The second-order valence-corrected chi connectivity index (χ2v) is 5.93. The van der Waals surface area contributed by atoms with Crippen molar-refractivity contribution in [2.24, 2.45) is 5.92 Å². The standard InChI is InChI=1S/C16H26N4O/c1-17-9-6-13-7-10-20(11-8-13)16(21)14-4-5-15(18-12-14)19(2)3/h4-5,12-13,17H,6-11H2,1-3H3. The summed E-state index contributed by atoms with van der Waals surface area (Å²) < 4.78 is 0. The topological polar surface area (TPSA) is 48.5 Å². The summed E-state index contributed by atoms with van der Waals surface area (Å²) in [5.41, 5.74) is 0.689. The van der Waals surface area contributed by atoms with Crippen molar-refractivity contribution >= 4 is 11.7 Å². The van der Waals surface area contributed by atoms with Crippen LogP contribution >= 0.6 is 0 Å². The molecule has 2 rings (SSSR count). The molecule has 1 fully saturated rings. The summed E-state index contributed by atoms with van der Waals surface area (Å²) in [6.45, 7) is 2.79. The first-order valence-corrected chi connectivity index (χ1v) is 7.69. The van der Waals surface area contributed by atoms with Crippen molar-refractivity contribution < 1.29 is 4.79 Å². The molecule has 1 saturated heterocycles. The Hall–Kier alpha value is -1.62. The van der Waals surface area contributed by atoms with E-state index in [4.69, 9.17) is 0 Å². The van der Waals surface area contributed by atoms with Crippen molar-refractivity contribution in [3.8, 4) is 0 Å². The normalized spacial score (nSPS) is 16.0. The fourth-order valence-electron chi connectivity index (χ4n) is 2.73. The van der Waals surface area contributed by atoms with Crippen LogP contribution in [0.3, 0.4) is 0 Å². The highest BCUT2D eigenvalue weighted by Crippen LogP contribution is 2.21. The van der Waals surface area contributed by atoms with Crippen LogP contribution in [-0.4, -0.2) is 56.6 Å². The molecule has 1 aliphatic heterocycles. The van der Waals surface area contributed by atoms with Gasteiger partial charge in [0.25, 0.3) is 5.91 Å². The van der Waals surface area contributed by atoms with Crippen LogP contribution in [0.15, 0.2) is 18.3 Å². The lowest BCUT2D eigenvalue weighted by Crippen LogP contribution is -2.39. The number of anilines is 1. The summed E-state index contributed by atoms with van der Waals surface area (Å²) in [5.74, 6) is 1.73. The molecule has 1 aromatic rings. The molecule has 0 aromatic carbocycles. The van der Waals surface area contributed by atoms with Crippen molar-refractivity contribution in [3.05, 3.63) is 23.9 Å². The van der Waals surface area contributed by atoms with Crippen molar-refractivity contribution in [2.45, 2.75) is 19.3 Å². The number of nitrogens with zero attached hydrogens (tertiary/aromatic N) is 3. The van der Waals surface area contributed by atoms with Crippen LogP contribution < -0.4 is 10.2 Å². The van der Waals surface area contributed by atoms with Crippen LogP contribution in [0.5, 0.6) is 0 Å². The maximum atomic E-state index is 12.5. The van der Waals surface area contributed by atoms with Crippen LogP contribution in [0.4, 0.5) is 5.82 Å². The number of likely N-dealkylation sites (tertiary alicyclic amines) is 1. The van der Waals surface area contributed by atoms with Gasteiger partial charge in [-0.25, -0.2) is 4.98 Å². The minimum atomic E-state index is 0.111. The van der Waals surface area contributed by atoms with Crippen LogP contribution in [0.2, 0.25) is 0 Å². The van der Waals surface area contributed by atoms with Crippen molar-refractivity contribution in [1.29, 1.82) is 0 Å². The number of carbonyl (C=O) groups excluding carboxylic acids is 1. The molecule has 0 bridgehead atoms. The Morgan fingerprint density at radius 1 is 1.38 bits per heavy atom. The highest BCUT2D eigenvalue weighted by Gasteiger charge is 2.23. The summed E-state index contributed by atoms with van der Waals surface area (Å²) in [5, 5.41) is 3.20. The van der Waals surface area contributed by atoms with E-state index in [1.165, 1.54) is 6.42 Å². The predicted octanol–water partition coefficient (Wildman–Crippen LogP) is 1.61. The summed E-state index contributed by atoms with van der Waals surface area (Å²) in [6, 6.07) is 3.77. The van der Waals surface area contributed by atoms with E-state index in [1.54, 1.807) is 6.20 Å². The number of hydrogen-bond acceptors (Lipinski definition) is 4. The molecule has 0 saturated carbocycles. The molecule has 0 unspecified atom stereocenters. The van der Waals surface area contributed by atoms with E-state index in [-0.39, 0.29) is 5.91 Å². The van der Waals surface area contributed by atoms with Crippen molar-refractivity contribution in [2.75, 3.05) is 45.7 Å². The number of hydrogen-bond donors (Lipinski definition) is 1. The van der Waals surface area contributed by atoms with Crippen molar-refractivity contribution in [3.63, 3.8) is 0 Å². The third-order valence-corrected chi connectivity index (χ3v) is 4.16. The van der Waals surface area contributed by atoms with Gasteiger partial charge in [0.1, 0.15) is 5.82 Å².